The standard InChI is InChI=1S/C17H19F2N3O2S2/c18-16(19)25-12-7-5-11(6-8-12)20-14(23)9-13-15(24)22-17(26-13)21-10-3-1-2-4-10/h5-8,10,13,16H,1-4,9H2,(H,20,23)(H,21,22,24)/t13-/m0/s1. The number of aliphatic imine (C=N–C) groups is 1. The Kier molecular flexibility index (Phi) is 6.53. The van der Waals surface area contributed by atoms with Crippen molar-refractivity contribution in [3.63, 3.8) is 0 Å². The molecule has 1 aliphatic carbocycles. The highest BCUT2D eigenvalue weighted by molar-refractivity contribution is 8.15. The van der Waals surface area contributed by atoms with Crippen LogP contribution in [-0.4, -0.2) is 34.0 Å². The molecule has 1 aliphatic heterocycles. The van der Waals surface area contributed by atoms with E-state index in [0.717, 1.165) is 12.8 Å². The zero-order valence-electron chi connectivity index (χ0n) is 13.9. The van der Waals surface area contributed by atoms with Gasteiger partial charge >= 0.3 is 0 Å². The highest BCUT2D eigenvalue weighted by Crippen LogP contribution is 2.28. The lowest BCUT2D eigenvalue weighted by molar-refractivity contribution is -0.122. The second-order valence-corrected chi connectivity index (χ2v) is 8.38. The summed E-state index contributed by atoms with van der Waals surface area (Å²) < 4.78 is 24.6. The number of nitrogens with one attached hydrogen (secondary N) is 2. The monoisotopic (exact) mass is 399 g/mol. The molecule has 1 aromatic carbocycles. The summed E-state index contributed by atoms with van der Waals surface area (Å²) in [7, 11) is 0. The molecule has 140 valence electrons. The Morgan fingerprint density at radius 2 is 2.00 bits per heavy atom. The van der Waals surface area contributed by atoms with Crippen molar-refractivity contribution >= 4 is 46.2 Å². The van der Waals surface area contributed by atoms with Crippen molar-refractivity contribution in [3.05, 3.63) is 24.3 Å². The SMILES string of the molecule is O=C(C[C@@H]1SC(=NC2CCCC2)NC1=O)Nc1ccc(SC(F)F)cc1. The first-order chi connectivity index (χ1) is 12.5. The van der Waals surface area contributed by atoms with Crippen molar-refractivity contribution < 1.29 is 18.4 Å². The van der Waals surface area contributed by atoms with Crippen LogP contribution in [0, 0.1) is 0 Å². The highest BCUT2D eigenvalue weighted by Gasteiger charge is 2.32. The molecule has 1 heterocycles. The largest absolute Gasteiger partial charge is 0.326 e. The van der Waals surface area contributed by atoms with Gasteiger partial charge in [0.1, 0.15) is 5.25 Å². The van der Waals surface area contributed by atoms with Gasteiger partial charge in [0.2, 0.25) is 11.8 Å². The molecule has 1 aromatic rings. The Balaban J connectivity index is 1.50. The number of anilines is 1. The van der Waals surface area contributed by atoms with Crippen LogP contribution >= 0.6 is 23.5 Å². The summed E-state index contributed by atoms with van der Waals surface area (Å²) in [4.78, 5) is 29.2. The van der Waals surface area contributed by atoms with E-state index in [0.29, 0.717) is 27.5 Å². The van der Waals surface area contributed by atoms with Gasteiger partial charge in [0.05, 0.1) is 6.04 Å². The third kappa shape index (κ3) is 5.44. The molecule has 9 heteroatoms. The number of thioether (sulfide) groups is 2. The number of hydrogen-bond donors (Lipinski definition) is 2. The average molecular weight is 399 g/mol. The van der Waals surface area contributed by atoms with Crippen LogP contribution in [0.5, 0.6) is 0 Å². The van der Waals surface area contributed by atoms with Gasteiger partial charge in [0.15, 0.2) is 5.17 Å². The molecule has 1 saturated carbocycles. The van der Waals surface area contributed by atoms with Crippen molar-refractivity contribution in [2.24, 2.45) is 4.99 Å². The maximum Gasteiger partial charge on any atom is 0.288 e. The van der Waals surface area contributed by atoms with Crippen molar-refractivity contribution in [2.75, 3.05) is 5.32 Å². The third-order valence-corrected chi connectivity index (χ3v) is 5.95. The number of rotatable bonds is 6. The quantitative estimate of drug-likeness (QED) is 0.713. The normalized spacial score (nSPS) is 22.2. The van der Waals surface area contributed by atoms with E-state index in [9.17, 15) is 18.4 Å². The number of amidine groups is 1. The van der Waals surface area contributed by atoms with Crippen LogP contribution in [0.4, 0.5) is 14.5 Å². The summed E-state index contributed by atoms with van der Waals surface area (Å²) >= 11 is 1.75. The van der Waals surface area contributed by atoms with Gasteiger partial charge in [-0.15, -0.1) is 0 Å². The molecule has 0 unspecified atom stereocenters. The number of hydrogen-bond acceptors (Lipinski definition) is 5. The molecule has 1 atom stereocenters. The van der Waals surface area contributed by atoms with Gasteiger partial charge in [-0.05, 0) is 37.1 Å². The van der Waals surface area contributed by atoms with Crippen LogP contribution < -0.4 is 10.6 Å². The molecule has 0 aromatic heterocycles. The Bertz CT molecular complexity index is 692. The predicted molar refractivity (Wildman–Crippen MR) is 101 cm³/mol. The summed E-state index contributed by atoms with van der Waals surface area (Å²) in [6, 6.07) is 6.45. The summed E-state index contributed by atoms with van der Waals surface area (Å²) in [5, 5.41) is 5.54. The molecule has 0 radical (unpaired) electrons. The van der Waals surface area contributed by atoms with Crippen molar-refractivity contribution in [3.8, 4) is 0 Å². The number of alkyl halides is 2. The van der Waals surface area contributed by atoms with E-state index >= 15 is 0 Å². The zero-order valence-corrected chi connectivity index (χ0v) is 15.5. The Labute approximate surface area is 158 Å². The smallest absolute Gasteiger partial charge is 0.288 e. The summed E-state index contributed by atoms with van der Waals surface area (Å²) in [6.45, 7) is 0. The Morgan fingerprint density at radius 1 is 1.31 bits per heavy atom. The summed E-state index contributed by atoms with van der Waals surface area (Å²) in [6.07, 6.45) is 4.46. The van der Waals surface area contributed by atoms with Gasteiger partial charge in [-0.1, -0.05) is 36.4 Å². The van der Waals surface area contributed by atoms with Gasteiger partial charge in [-0.3, -0.25) is 14.6 Å². The molecule has 3 rings (SSSR count). The van der Waals surface area contributed by atoms with Crippen molar-refractivity contribution in [1.29, 1.82) is 0 Å². The zero-order chi connectivity index (χ0) is 18.5. The number of carbonyl (C=O) groups is 2. The number of carbonyl (C=O) groups excluding carboxylic acids is 2. The molecule has 26 heavy (non-hydrogen) atoms. The van der Waals surface area contributed by atoms with E-state index in [-0.39, 0.29) is 24.3 Å². The maximum absolute atomic E-state index is 12.3. The summed E-state index contributed by atoms with van der Waals surface area (Å²) in [5.74, 6) is -2.98. The number of nitrogens with zero attached hydrogens (tertiary/aromatic N) is 1. The highest BCUT2D eigenvalue weighted by atomic mass is 32.2. The molecule has 0 spiro atoms. The number of amides is 2. The van der Waals surface area contributed by atoms with Gasteiger partial charge in [0, 0.05) is 17.0 Å². The minimum absolute atomic E-state index is 0.0354. The van der Waals surface area contributed by atoms with E-state index in [1.54, 1.807) is 12.1 Å². The lowest BCUT2D eigenvalue weighted by Gasteiger charge is -2.08. The van der Waals surface area contributed by atoms with Gasteiger partial charge in [0.25, 0.3) is 5.76 Å². The first kappa shape index (κ1) is 19.2. The molecular formula is C17H19F2N3O2S2. The Morgan fingerprint density at radius 3 is 2.65 bits per heavy atom. The molecule has 1 saturated heterocycles. The lowest BCUT2D eigenvalue weighted by atomic mass is 10.2. The second-order valence-electron chi connectivity index (χ2n) is 6.12. The second kappa shape index (κ2) is 8.85. The van der Waals surface area contributed by atoms with Crippen molar-refractivity contribution in [2.45, 2.75) is 54.0 Å². The van der Waals surface area contributed by atoms with Crippen LogP contribution in [0.15, 0.2) is 34.2 Å². The third-order valence-electron chi connectivity index (χ3n) is 4.14. The molecule has 2 amide bonds. The van der Waals surface area contributed by atoms with Crippen LogP contribution in [-0.2, 0) is 9.59 Å². The average Bonchev–Trinajstić information content (AvgIpc) is 3.19. The molecule has 2 fully saturated rings. The fraction of sp³-hybridized carbons (Fsp3) is 0.471. The molecule has 0 bridgehead atoms. The van der Waals surface area contributed by atoms with E-state index in [4.69, 9.17) is 0 Å². The van der Waals surface area contributed by atoms with Gasteiger partial charge in [-0.25, -0.2) is 0 Å². The molecule has 2 aliphatic rings. The van der Waals surface area contributed by atoms with E-state index in [2.05, 4.69) is 15.6 Å². The minimum atomic E-state index is -2.48. The first-order valence-electron chi connectivity index (χ1n) is 8.39. The Hall–Kier alpha value is -1.61. The van der Waals surface area contributed by atoms with Crippen LogP contribution in [0.2, 0.25) is 0 Å². The van der Waals surface area contributed by atoms with Crippen LogP contribution in [0.3, 0.4) is 0 Å². The molecule has 2 N–H and O–H groups in total. The fourth-order valence-electron chi connectivity index (χ4n) is 2.90. The lowest BCUT2D eigenvalue weighted by Crippen LogP contribution is -2.28. The topological polar surface area (TPSA) is 70.6 Å². The number of benzene rings is 1. The van der Waals surface area contributed by atoms with E-state index in [1.807, 2.05) is 0 Å². The van der Waals surface area contributed by atoms with E-state index in [1.165, 1.54) is 36.7 Å². The minimum Gasteiger partial charge on any atom is -0.326 e. The molecular weight excluding hydrogens is 380 g/mol. The predicted octanol–water partition coefficient (Wildman–Crippen LogP) is 3.86. The van der Waals surface area contributed by atoms with Crippen molar-refractivity contribution in [1.82, 2.24) is 5.32 Å². The summed E-state index contributed by atoms with van der Waals surface area (Å²) in [5.41, 5.74) is 0.511. The first-order valence-corrected chi connectivity index (χ1v) is 10.2. The molecule has 5 nitrogen and oxygen atoms in total. The van der Waals surface area contributed by atoms with Crippen LogP contribution in [0.1, 0.15) is 32.1 Å². The maximum atomic E-state index is 12.3. The fourth-order valence-corrected chi connectivity index (χ4v) is 4.44. The van der Waals surface area contributed by atoms with Crippen LogP contribution in [0.25, 0.3) is 0 Å². The number of halogens is 2. The van der Waals surface area contributed by atoms with Gasteiger partial charge in [-0.2, -0.15) is 8.78 Å². The van der Waals surface area contributed by atoms with Gasteiger partial charge < -0.3 is 10.6 Å². The van der Waals surface area contributed by atoms with E-state index < -0.39 is 11.0 Å².